The van der Waals surface area contributed by atoms with Gasteiger partial charge in [-0.15, -0.1) is 0 Å². The summed E-state index contributed by atoms with van der Waals surface area (Å²) >= 11 is 3.38. The van der Waals surface area contributed by atoms with E-state index in [1.54, 1.807) is 0 Å². The molecule has 0 aromatic carbocycles. The molecule has 2 aromatic rings. The second kappa shape index (κ2) is 4.45. The maximum absolute atomic E-state index is 9.10. The van der Waals surface area contributed by atoms with Crippen molar-refractivity contribution in [3.63, 3.8) is 0 Å². The number of nitrogens with zero attached hydrogens (tertiary/aromatic N) is 4. The Hall–Kier alpha value is -1.25. The highest BCUT2D eigenvalue weighted by Crippen LogP contribution is 2.34. The highest BCUT2D eigenvalue weighted by atomic mass is 79.9. The lowest BCUT2D eigenvalue weighted by molar-refractivity contribution is -0.0217. The Balaban J connectivity index is 2.07. The lowest BCUT2D eigenvalue weighted by atomic mass is 10.2. The fourth-order valence-electron chi connectivity index (χ4n) is 2.17. The highest BCUT2D eigenvalue weighted by molar-refractivity contribution is 9.10. The average molecular weight is 314 g/mol. The molecule has 96 valence electrons. The monoisotopic (exact) mass is 313 g/mol. The van der Waals surface area contributed by atoms with Crippen LogP contribution >= 0.6 is 15.9 Å². The molecule has 0 aliphatic carbocycles. The summed E-state index contributed by atoms with van der Waals surface area (Å²) in [6.07, 6.45) is 2.71. The van der Waals surface area contributed by atoms with Crippen molar-refractivity contribution < 1.29 is 9.84 Å². The van der Waals surface area contributed by atoms with Crippen LogP contribution in [0, 0.1) is 0 Å². The number of ether oxygens (including phenoxy) is 1. The standard InChI is InChI=1S/C10H12BrN5O2/c11-10-15-7-8(12)13-4-14-9(7)16(10)6-2-1-5(3-17)18-6/h4-6,17H,1-3H2,(H2,12,13,14)/t5?,6-/m1/s1. The van der Waals surface area contributed by atoms with Gasteiger partial charge in [0.1, 0.15) is 12.6 Å². The molecule has 2 atom stereocenters. The van der Waals surface area contributed by atoms with Crippen LogP contribution in [0.2, 0.25) is 0 Å². The van der Waals surface area contributed by atoms with E-state index in [1.165, 1.54) is 6.33 Å². The summed E-state index contributed by atoms with van der Waals surface area (Å²) < 4.78 is 8.17. The maximum Gasteiger partial charge on any atom is 0.181 e. The van der Waals surface area contributed by atoms with Crippen LogP contribution in [0.25, 0.3) is 11.2 Å². The Bertz CT molecular complexity index is 587. The maximum atomic E-state index is 9.10. The zero-order valence-corrected chi connectivity index (χ0v) is 11.0. The van der Waals surface area contributed by atoms with E-state index in [-0.39, 0.29) is 18.9 Å². The number of halogens is 1. The lowest BCUT2D eigenvalue weighted by Gasteiger charge is -2.14. The number of rotatable bonds is 2. The first-order chi connectivity index (χ1) is 8.70. The molecule has 3 rings (SSSR count). The SMILES string of the molecule is Nc1ncnc2c1nc(Br)n2[C@H]1CCC(CO)O1. The van der Waals surface area contributed by atoms with Crippen molar-refractivity contribution in [1.82, 2.24) is 19.5 Å². The average Bonchev–Trinajstić information content (AvgIpc) is 2.93. The molecule has 1 aliphatic rings. The van der Waals surface area contributed by atoms with Gasteiger partial charge in [0.25, 0.3) is 0 Å². The number of hydrogen-bond donors (Lipinski definition) is 2. The smallest absolute Gasteiger partial charge is 0.181 e. The minimum Gasteiger partial charge on any atom is -0.394 e. The van der Waals surface area contributed by atoms with Crippen LogP contribution in [0.3, 0.4) is 0 Å². The number of imidazole rings is 1. The van der Waals surface area contributed by atoms with Crippen LogP contribution in [-0.2, 0) is 4.74 Å². The molecule has 8 heteroatoms. The molecule has 0 bridgehead atoms. The number of nitrogen functional groups attached to an aromatic ring is 1. The normalized spacial score (nSPS) is 23.9. The Morgan fingerprint density at radius 3 is 3.06 bits per heavy atom. The van der Waals surface area contributed by atoms with Crippen molar-refractivity contribution >= 4 is 32.9 Å². The molecular formula is C10H12BrN5O2. The van der Waals surface area contributed by atoms with Gasteiger partial charge in [0, 0.05) is 0 Å². The number of nitrogens with two attached hydrogens (primary N) is 1. The number of fused-ring (bicyclic) bond motifs is 1. The Morgan fingerprint density at radius 2 is 2.33 bits per heavy atom. The van der Waals surface area contributed by atoms with Gasteiger partial charge in [-0.1, -0.05) is 0 Å². The number of hydrogen-bond acceptors (Lipinski definition) is 6. The van der Waals surface area contributed by atoms with Crippen molar-refractivity contribution in [2.45, 2.75) is 25.2 Å². The fourth-order valence-corrected chi connectivity index (χ4v) is 2.74. The van der Waals surface area contributed by atoms with Gasteiger partial charge in [-0.3, -0.25) is 4.57 Å². The zero-order chi connectivity index (χ0) is 12.7. The van der Waals surface area contributed by atoms with E-state index in [0.717, 1.165) is 12.8 Å². The van der Waals surface area contributed by atoms with E-state index in [1.807, 2.05) is 4.57 Å². The molecule has 2 aromatic heterocycles. The van der Waals surface area contributed by atoms with Crippen molar-refractivity contribution in [2.75, 3.05) is 12.3 Å². The number of aromatic nitrogens is 4. The van der Waals surface area contributed by atoms with Crippen LogP contribution in [0.1, 0.15) is 19.1 Å². The summed E-state index contributed by atoms with van der Waals surface area (Å²) in [6, 6.07) is 0. The van der Waals surface area contributed by atoms with Gasteiger partial charge in [-0.2, -0.15) is 0 Å². The van der Waals surface area contributed by atoms with Crippen molar-refractivity contribution in [1.29, 1.82) is 0 Å². The van der Waals surface area contributed by atoms with Gasteiger partial charge in [-0.05, 0) is 28.8 Å². The van der Waals surface area contributed by atoms with E-state index < -0.39 is 0 Å². The van der Waals surface area contributed by atoms with E-state index >= 15 is 0 Å². The van der Waals surface area contributed by atoms with Gasteiger partial charge in [0.15, 0.2) is 21.7 Å². The second-order valence-corrected chi connectivity index (χ2v) is 4.86. The van der Waals surface area contributed by atoms with Gasteiger partial charge in [-0.25, -0.2) is 15.0 Å². The molecular weight excluding hydrogens is 302 g/mol. The predicted molar refractivity (Wildman–Crippen MR) is 67.7 cm³/mol. The topological polar surface area (TPSA) is 99.1 Å². The summed E-state index contributed by atoms with van der Waals surface area (Å²) in [6.45, 7) is 0.0257. The summed E-state index contributed by atoms with van der Waals surface area (Å²) in [5.74, 6) is 0.344. The minimum absolute atomic E-state index is 0.0257. The lowest BCUT2D eigenvalue weighted by Crippen LogP contribution is -2.14. The Labute approximate surface area is 111 Å². The molecule has 0 radical (unpaired) electrons. The Kier molecular flexibility index (Phi) is 2.92. The van der Waals surface area contributed by atoms with E-state index in [4.69, 9.17) is 15.6 Å². The molecule has 1 unspecified atom stereocenters. The van der Waals surface area contributed by atoms with E-state index in [2.05, 4.69) is 30.9 Å². The first-order valence-electron chi connectivity index (χ1n) is 5.61. The molecule has 3 heterocycles. The zero-order valence-electron chi connectivity index (χ0n) is 9.45. The third kappa shape index (κ3) is 1.76. The van der Waals surface area contributed by atoms with Gasteiger partial charge < -0.3 is 15.6 Å². The van der Waals surface area contributed by atoms with Crippen LogP contribution in [0.5, 0.6) is 0 Å². The van der Waals surface area contributed by atoms with Crippen molar-refractivity contribution in [3.8, 4) is 0 Å². The highest BCUT2D eigenvalue weighted by Gasteiger charge is 2.29. The molecule has 7 nitrogen and oxygen atoms in total. The van der Waals surface area contributed by atoms with Gasteiger partial charge in [0.05, 0.1) is 12.7 Å². The van der Waals surface area contributed by atoms with E-state index in [9.17, 15) is 0 Å². The number of anilines is 1. The van der Waals surface area contributed by atoms with Crippen LogP contribution in [0.15, 0.2) is 11.1 Å². The molecule has 3 N–H and O–H groups in total. The van der Waals surface area contributed by atoms with E-state index in [0.29, 0.717) is 21.7 Å². The summed E-state index contributed by atoms with van der Waals surface area (Å²) in [4.78, 5) is 12.4. The molecule has 1 aliphatic heterocycles. The molecule has 1 fully saturated rings. The first kappa shape index (κ1) is 11.8. The largest absolute Gasteiger partial charge is 0.394 e. The molecule has 0 spiro atoms. The summed E-state index contributed by atoms with van der Waals surface area (Å²) in [5.41, 5.74) is 6.95. The summed E-state index contributed by atoms with van der Waals surface area (Å²) in [5, 5.41) is 9.10. The molecule has 1 saturated heterocycles. The molecule has 0 saturated carbocycles. The van der Waals surface area contributed by atoms with Gasteiger partial charge >= 0.3 is 0 Å². The number of aliphatic hydroxyl groups excluding tert-OH is 1. The summed E-state index contributed by atoms with van der Waals surface area (Å²) in [7, 11) is 0. The number of aliphatic hydroxyl groups is 1. The minimum atomic E-state index is -0.184. The molecule has 18 heavy (non-hydrogen) atoms. The molecule has 0 amide bonds. The third-order valence-corrected chi connectivity index (χ3v) is 3.60. The predicted octanol–water partition coefficient (Wildman–Crippen LogP) is 0.841. The Morgan fingerprint density at radius 1 is 1.50 bits per heavy atom. The van der Waals surface area contributed by atoms with Crippen molar-refractivity contribution in [2.24, 2.45) is 0 Å². The first-order valence-corrected chi connectivity index (χ1v) is 6.40. The fraction of sp³-hybridized carbons (Fsp3) is 0.500. The third-order valence-electron chi connectivity index (χ3n) is 3.04. The van der Waals surface area contributed by atoms with Crippen molar-refractivity contribution in [3.05, 3.63) is 11.1 Å². The van der Waals surface area contributed by atoms with Crippen LogP contribution in [-0.4, -0.2) is 37.3 Å². The van der Waals surface area contributed by atoms with Crippen LogP contribution in [0.4, 0.5) is 5.82 Å². The second-order valence-electron chi connectivity index (χ2n) is 4.15. The van der Waals surface area contributed by atoms with Crippen LogP contribution < -0.4 is 5.73 Å². The quantitative estimate of drug-likeness (QED) is 0.797. The van der Waals surface area contributed by atoms with Gasteiger partial charge in [0.2, 0.25) is 0 Å².